The molecule has 0 spiro atoms. The van der Waals surface area contributed by atoms with Crippen LogP contribution in [-0.4, -0.2) is 40.3 Å². The molecule has 90 valence electrons. The van der Waals surface area contributed by atoms with E-state index in [9.17, 15) is 9.00 Å². The van der Waals surface area contributed by atoms with Gasteiger partial charge >= 0.3 is 0 Å². The van der Waals surface area contributed by atoms with E-state index < -0.39 is 10.8 Å². The van der Waals surface area contributed by atoms with E-state index in [0.717, 1.165) is 0 Å². The van der Waals surface area contributed by atoms with Crippen molar-refractivity contribution in [3.63, 3.8) is 0 Å². The number of hydrogen-bond acceptors (Lipinski definition) is 3. The van der Waals surface area contributed by atoms with Crippen LogP contribution in [0.15, 0.2) is 0 Å². The fraction of sp³-hybridized carbons (Fsp3) is 0.900. The maximum absolute atomic E-state index is 11.3. The maximum Gasteiger partial charge on any atom is 0.234 e. The van der Waals surface area contributed by atoms with E-state index in [4.69, 9.17) is 0 Å². The lowest BCUT2D eigenvalue weighted by Gasteiger charge is -2.19. The summed E-state index contributed by atoms with van der Waals surface area (Å²) in [6.07, 6.45) is 0. The first-order chi connectivity index (χ1) is 6.85. The molecule has 2 N–H and O–H groups in total. The first-order valence-corrected chi connectivity index (χ1v) is 6.70. The van der Waals surface area contributed by atoms with Crippen LogP contribution in [0.1, 0.15) is 27.7 Å². The number of nitrogens with one attached hydrogen (secondary N) is 2. The van der Waals surface area contributed by atoms with Crippen LogP contribution in [0.4, 0.5) is 0 Å². The predicted molar refractivity (Wildman–Crippen MR) is 64.3 cm³/mol. The van der Waals surface area contributed by atoms with Crippen LogP contribution >= 0.6 is 0 Å². The van der Waals surface area contributed by atoms with E-state index in [1.165, 1.54) is 0 Å². The van der Waals surface area contributed by atoms with Crippen molar-refractivity contribution in [3.8, 4) is 0 Å². The van der Waals surface area contributed by atoms with Crippen molar-refractivity contribution in [2.75, 3.05) is 24.6 Å². The molecule has 0 rings (SSSR count). The average Bonchev–Trinajstić information content (AvgIpc) is 2.13. The van der Waals surface area contributed by atoms with Crippen LogP contribution in [0.5, 0.6) is 0 Å². The third-order valence-electron chi connectivity index (χ3n) is 1.75. The quantitative estimate of drug-likeness (QED) is 0.693. The standard InChI is InChI=1S/C10H22N2O2S/c1-5-15(14)7-6-11-9(13)8-12-10(2,3)4/h12H,5-8H2,1-4H3,(H,11,13). The molecule has 0 aromatic carbocycles. The van der Waals surface area contributed by atoms with E-state index in [2.05, 4.69) is 10.6 Å². The summed E-state index contributed by atoms with van der Waals surface area (Å²) < 4.78 is 11.1. The van der Waals surface area contributed by atoms with Gasteiger partial charge in [-0.1, -0.05) is 6.92 Å². The Kier molecular flexibility index (Phi) is 6.76. The van der Waals surface area contributed by atoms with Gasteiger partial charge in [0.05, 0.1) is 6.54 Å². The first-order valence-electron chi connectivity index (χ1n) is 5.22. The Morgan fingerprint density at radius 2 is 1.93 bits per heavy atom. The second-order valence-corrected chi connectivity index (χ2v) is 6.25. The van der Waals surface area contributed by atoms with Crippen molar-refractivity contribution >= 4 is 16.7 Å². The van der Waals surface area contributed by atoms with Gasteiger partial charge in [0.2, 0.25) is 5.91 Å². The lowest BCUT2D eigenvalue weighted by molar-refractivity contribution is -0.120. The Labute approximate surface area is 94.7 Å². The molecule has 0 aromatic rings. The Morgan fingerprint density at radius 3 is 2.40 bits per heavy atom. The zero-order valence-electron chi connectivity index (χ0n) is 10.1. The van der Waals surface area contributed by atoms with Gasteiger partial charge in [0.25, 0.3) is 0 Å². The van der Waals surface area contributed by atoms with Crippen LogP contribution in [0.25, 0.3) is 0 Å². The summed E-state index contributed by atoms with van der Waals surface area (Å²) in [7, 11) is -0.800. The van der Waals surface area contributed by atoms with Gasteiger partial charge in [0.15, 0.2) is 0 Å². The molecule has 1 atom stereocenters. The molecular formula is C10H22N2O2S. The minimum atomic E-state index is -0.800. The molecular weight excluding hydrogens is 212 g/mol. The van der Waals surface area contributed by atoms with Crippen molar-refractivity contribution in [2.24, 2.45) is 0 Å². The summed E-state index contributed by atoms with van der Waals surface area (Å²) >= 11 is 0. The van der Waals surface area contributed by atoms with Crippen LogP contribution in [0.2, 0.25) is 0 Å². The van der Waals surface area contributed by atoms with Gasteiger partial charge in [-0.05, 0) is 20.8 Å². The van der Waals surface area contributed by atoms with Gasteiger partial charge in [-0.15, -0.1) is 0 Å². The second-order valence-electron chi connectivity index (χ2n) is 4.39. The zero-order valence-corrected chi connectivity index (χ0v) is 10.9. The van der Waals surface area contributed by atoms with Crippen molar-refractivity contribution in [1.82, 2.24) is 10.6 Å². The van der Waals surface area contributed by atoms with E-state index in [0.29, 0.717) is 24.6 Å². The lowest BCUT2D eigenvalue weighted by Crippen LogP contribution is -2.43. The van der Waals surface area contributed by atoms with Crippen LogP contribution in [0.3, 0.4) is 0 Å². The van der Waals surface area contributed by atoms with Gasteiger partial charge < -0.3 is 10.6 Å². The number of hydrogen-bond donors (Lipinski definition) is 2. The Bertz CT molecular complexity index is 224. The number of carbonyl (C=O) groups is 1. The van der Waals surface area contributed by atoms with Crippen LogP contribution < -0.4 is 10.6 Å². The van der Waals surface area contributed by atoms with E-state index in [1.807, 2.05) is 27.7 Å². The van der Waals surface area contributed by atoms with Gasteiger partial charge in [-0.3, -0.25) is 9.00 Å². The smallest absolute Gasteiger partial charge is 0.234 e. The van der Waals surface area contributed by atoms with Gasteiger partial charge in [0.1, 0.15) is 0 Å². The monoisotopic (exact) mass is 234 g/mol. The molecule has 0 aliphatic rings. The van der Waals surface area contributed by atoms with Gasteiger partial charge in [-0.2, -0.15) is 0 Å². The third-order valence-corrected chi connectivity index (χ3v) is 3.06. The van der Waals surface area contributed by atoms with Crippen molar-refractivity contribution in [3.05, 3.63) is 0 Å². The van der Waals surface area contributed by atoms with E-state index in [1.54, 1.807) is 0 Å². The van der Waals surface area contributed by atoms with Gasteiger partial charge in [-0.25, -0.2) is 0 Å². The predicted octanol–water partition coefficient (Wildman–Crippen LogP) is 0.259. The summed E-state index contributed by atoms with van der Waals surface area (Å²) in [5.74, 6) is 1.14. The van der Waals surface area contributed by atoms with Crippen LogP contribution in [0, 0.1) is 0 Å². The molecule has 0 heterocycles. The molecule has 0 aromatic heterocycles. The van der Waals surface area contributed by atoms with Crippen LogP contribution in [-0.2, 0) is 15.6 Å². The number of amides is 1. The highest BCUT2D eigenvalue weighted by atomic mass is 32.2. The fourth-order valence-electron chi connectivity index (χ4n) is 0.857. The Hall–Kier alpha value is -0.420. The summed E-state index contributed by atoms with van der Waals surface area (Å²) in [4.78, 5) is 11.3. The second kappa shape index (κ2) is 6.95. The molecule has 0 aliphatic heterocycles. The Morgan fingerprint density at radius 1 is 1.33 bits per heavy atom. The SMILES string of the molecule is CCS(=O)CCNC(=O)CNC(C)(C)C. The summed E-state index contributed by atoms with van der Waals surface area (Å²) in [6, 6.07) is 0. The van der Waals surface area contributed by atoms with Crippen molar-refractivity contribution < 1.29 is 9.00 Å². The zero-order chi connectivity index (χ0) is 11.9. The topological polar surface area (TPSA) is 58.2 Å². The highest BCUT2D eigenvalue weighted by molar-refractivity contribution is 7.84. The normalized spacial score (nSPS) is 13.6. The third kappa shape index (κ3) is 9.87. The number of rotatable bonds is 6. The number of carbonyl (C=O) groups excluding carboxylic acids is 1. The molecule has 0 saturated carbocycles. The molecule has 4 nitrogen and oxygen atoms in total. The molecule has 15 heavy (non-hydrogen) atoms. The molecule has 0 radical (unpaired) electrons. The highest BCUT2D eigenvalue weighted by Gasteiger charge is 2.10. The molecule has 0 saturated heterocycles. The van der Waals surface area contributed by atoms with Crippen molar-refractivity contribution in [1.29, 1.82) is 0 Å². The Balaban J connectivity index is 3.54. The minimum absolute atomic E-state index is 0.0435. The van der Waals surface area contributed by atoms with E-state index >= 15 is 0 Å². The molecule has 5 heteroatoms. The summed E-state index contributed by atoms with van der Waals surface area (Å²) in [5.41, 5.74) is -0.0520. The summed E-state index contributed by atoms with van der Waals surface area (Å²) in [6.45, 7) is 8.69. The fourth-order valence-corrected chi connectivity index (χ4v) is 1.47. The molecule has 0 fully saturated rings. The molecule has 0 aliphatic carbocycles. The molecule has 0 bridgehead atoms. The average molecular weight is 234 g/mol. The minimum Gasteiger partial charge on any atom is -0.354 e. The van der Waals surface area contributed by atoms with Gasteiger partial charge in [0, 0.05) is 34.4 Å². The largest absolute Gasteiger partial charge is 0.354 e. The van der Waals surface area contributed by atoms with E-state index in [-0.39, 0.29) is 11.4 Å². The summed E-state index contributed by atoms with van der Waals surface area (Å²) in [5, 5.41) is 5.81. The highest BCUT2D eigenvalue weighted by Crippen LogP contribution is 1.96. The first kappa shape index (κ1) is 14.6. The van der Waals surface area contributed by atoms with Crippen molar-refractivity contribution in [2.45, 2.75) is 33.2 Å². The lowest BCUT2D eigenvalue weighted by atomic mass is 10.1. The molecule has 1 unspecified atom stereocenters. The molecule has 1 amide bonds. The maximum atomic E-state index is 11.3.